The van der Waals surface area contributed by atoms with Crippen LogP contribution in [0.3, 0.4) is 0 Å². The molecule has 172 valence electrons. The van der Waals surface area contributed by atoms with Gasteiger partial charge < -0.3 is 10.5 Å². The molecule has 2 aliphatic carbocycles. The van der Waals surface area contributed by atoms with Gasteiger partial charge in [-0.25, -0.2) is 4.98 Å². The number of hydrogen-bond donors (Lipinski definition) is 1. The summed E-state index contributed by atoms with van der Waals surface area (Å²) in [6, 6.07) is 4.40. The monoisotopic (exact) mass is 447 g/mol. The number of nitrogens with zero attached hydrogens (tertiary/aromatic N) is 4. The maximum absolute atomic E-state index is 13.3. The lowest BCUT2D eigenvalue weighted by atomic mass is 10.0. The molecule has 2 saturated carbocycles. The molecule has 2 saturated heterocycles. The van der Waals surface area contributed by atoms with Crippen molar-refractivity contribution in [1.82, 2.24) is 19.7 Å². The fourth-order valence-corrected chi connectivity index (χ4v) is 6.45. The average molecular weight is 448 g/mol. The van der Waals surface area contributed by atoms with Crippen LogP contribution in [-0.4, -0.2) is 51.0 Å². The number of halogens is 3. The molecule has 0 unspecified atom stereocenters. The summed E-state index contributed by atoms with van der Waals surface area (Å²) >= 11 is 0. The number of rotatable bonds is 4. The summed E-state index contributed by atoms with van der Waals surface area (Å²) in [4.78, 5) is 6.46. The van der Waals surface area contributed by atoms with Crippen molar-refractivity contribution in [1.29, 1.82) is 0 Å². The SMILES string of the molecule is CC(C)n1nc(-c2cnc(N)c(C(F)(F)F)c2)cc1[C@H]1[C@@H]2C[C@H](N3C[C@H]4C[C@@H]3CO4)C[C@@H]21. The van der Waals surface area contributed by atoms with E-state index in [2.05, 4.69) is 23.7 Å². The number of nitrogen functional groups attached to an aromatic ring is 1. The standard InChI is InChI=1S/C23H28F3N5O/c1-11(2)31-20(7-19(29-31)12-3-18(23(24,25)26)22(27)28-8-12)21-16-5-13(6-17(16)21)30-9-15-4-14(30)10-32-15/h3,7-8,11,13-17,21H,4-6,9-10H2,1-2H3,(H2,27,28)/t13-,14-,15-,16+,17-,21-/m1/s1. The molecule has 0 amide bonds. The van der Waals surface area contributed by atoms with Gasteiger partial charge in [0, 0.05) is 48.0 Å². The number of aromatic nitrogens is 3. The quantitative estimate of drug-likeness (QED) is 0.765. The molecule has 2 N–H and O–H groups in total. The van der Waals surface area contributed by atoms with E-state index in [0.717, 1.165) is 24.9 Å². The van der Waals surface area contributed by atoms with E-state index >= 15 is 0 Å². The number of alkyl halides is 3. The Morgan fingerprint density at radius 3 is 2.47 bits per heavy atom. The van der Waals surface area contributed by atoms with Crippen molar-refractivity contribution >= 4 is 5.82 Å². The van der Waals surface area contributed by atoms with Crippen LogP contribution in [0.15, 0.2) is 18.3 Å². The summed E-state index contributed by atoms with van der Waals surface area (Å²) in [5.41, 5.74) is 6.58. The highest BCUT2D eigenvalue weighted by Gasteiger charge is 2.60. The van der Waals surface area contributed by atoms with Crippen LogP contribution in [0, 0.1) is 11.8 Å². The molecule has 9 heteroatoms. The topological polar surface area (TPSA) is 69.2 Å². The lowest BCUT2D eigenvalue weighted by Crippen LogP contribution is -2.43. The van der Waals surface area contributed by atoms with E-state index in [9.17, 15) is 13.2 Å². The fraction of sp³-hybridized carbons (Fsp3) is 0.652. The van der Waals surface area contributed by atoms with Crippen molar-refractivity contribution in [3.63, 3.8) is 0 Å². The minimum Gasteiger partial charge on any atom is -0.383 e. The first-order chi connectivity index (χ1) is 15.2. The van der Waals surface area contributed by atoms with Gasteiger partial charge in [-0.15, -0.1) is 0 Å². The lowest BCUT2D eigenvalue weighted by molar-refractivity contribution is -0.137. The molecule has 2 aromatic rings. The molecule has 6 atom stereocenters. The van der Waals surface area contributed by atoms with E-state index in [1.807, 2.05) is 10.7 Å². The van der Waals surface area contributed by atoms with Crippen molar-refractivity contribution in [3.8, 4) is 11.3 Å². The number of hydrogen-bond acceptors (Lipinski definition) is 5. The molecule has 32 heavy (non-hydrogen) atoms. The molecule has 2 bridgehead atoms. The number of ether oxygens (including phenoxy) is 1. The normalized spacial score (nSPS) is 33.9. The molecule has 4 heterocycles. The second-order valence-corrected chi connectivity index (χ2v) is 10.2. The molecular weight excluding hydrogens is 419 g/mol. The number of likely N-dealkylation sites (tertiary alicyclic amines) is 1. The summed E-state index contributed by atoms with van der Waals surface area (Å²) in [5.74, 6) is 1.21. The Kier molecular flexibility index (Phi) is 4.44. The molecule has 0 spiro atoms. The second kappa shape index (κ2) is 6.93. The van der Waals surface area contributed by atoms with Gasteiger partial charge in [0.1, 0.15) is 5.82 Å². The van der Waals surface area contributed by atoms with E-state index < -0.39 is 17.6 Å². The first-order valence-corrected chi connectivity index (χ1v) is 11.5. The smallest absolute Gasteiger partial charge is 0.383 e. The molecule has 4 fully saturated rings. The van der Waals surface area contributed by atoms with Crippen LogP contribution in [0.1, 0.15) is 56.3 Å². The van der Waals surface area contributed by atoms with Crippen LogP contribution in [0.25, 0.3) is 11.3 Å². The van der Waals surface area contributed by atoms with Gasteiger partial charge in [-0.05, 0) is 57.1 Å². The summed E-state index contributed by atoms with van der Waals surface area (Å²) in [6.45, 7) is 6.06. The Balaban J connectivity index is 1.24. The highest BCUT2D eigenvalue weighted by molar-refractivity contribution is 5.63. The van der Waals surface area contributed by atoms with Crippen molar-refractivity contribution in [3.05, 3.63) is 29.6 Å². The van der Waals surface area contributed by atoms with Crippen LogP contribution in [0.4, 0.5) is 19.0 Å². The number of anilines is 1. The maximum atomic E-state index is 13.3. The molecule has 0 radical (unpaired) electrons. The summed E-state index contributed by atoms with van der Waals surface area (Å²) in [5, 5.41) is 4.69. The van der Waals surface area contributed by atoms with Crippen LogP contribution in [0.2, 0.25) is 0 Å². The third-order valence-electron chi connectivity index (χ3n) is 7.95. The first kappa shape index (κ1) is 20.5. The van der Waals surface area contributed by atoms with Crippen LogP contribution in [0.5, 0.6) is 0 Å². The average Bonchev–Trinajstić information content (AvgIpc) is 3.31. The third-order valence-corrected chi connectivity index (χ3v) is 7.95. The largest absolute Gasteiger partial charge is 0.419 e. The number of nitrogens with two attached hydrogens (primary N) is 1. The number of fused-ring (bicyclic) bond motifs is 3. The van der Waals surface area contributed by atoms with Crippen LogP contribution >= 0.6 is 0 Å². The zero-order valence-corrected chi connectivity index (χ0v) is 18.2. The van der Waals surface area contributed by atoms with Gasteiger partial charge in [-0.1, -0.05) is 0 Å². The predicted molar refractivity (Wildman–Crippen MR) is 113 cm³/mol. The lowest BCUT2D eigenvalue weighted by Gasteiger charge is -2.33. The first-order valence-electron chi connectivity index (χ1n) is 11.5. The van der Waals surface area contributed by atoms with Gasteiger partial charge in [0.15, 0.2) is 0 Å². The minimum atomic E-state index is -4.54. The Morgan fingerprint density at radius 1 is 1.12 bits per heavy atom. The number of pyridine rings is 1. The van der Waals surface area contributed by atoms with Crippen LogP contribution < -0.4 is 5.73 Å². The number of morpholine rings is 1. The highest BCUT2D eigenvalue weighted by atomic mass is 19.4. The van der Waals surface area contributed by atoms with Gasteiger partial charge in [0.2, 0.25) is 0 Å². The molecule has 0 aromatic carbocycles. The van der Waals surface area contributed by atoms with E-state index in [0.29, 0.717) is 47.2 Å². The van der Waals surface area contributed by atoms with E-state index in [1.54, 1.807) is 0 Å². The Morgan fingerprint density at radius 2 is 1.88 bits per heavy atom. The summed E-state index contributed by atoms with van der Waals surface area (Å²) < 4.78 is 47.7. The van der Waals surface area contributed by atoms with Crippen molar-refractivity contribution < 1.29 is 17.9 Å². The van der Waals surface area contributed by atoms with Crippen molar-refractivity contribution in [2.45, 2.75) is 69.4 Å². The third kappa shape index (κ3) is 3.15. The van der Waals surface area contributed by atoms with E-state index in [4.69, 9.17) is 15.6 Å². The summed E-state index contributed by atoms with van der Waals surface area (Å²) in [7, 11) is 0. The fourth-order valence-electron chi connectivity index (χ4n) is 6.45. The van der Waals surface area contributed by atoms with Gasteiger partial charge in [0.25, 0.3) is 0 Å². The van der Waals surface area contributed by atoms with Crippen molar-refractivity contribution in [2.75, 3.05) is 18.9 Å². The van der Waals surface area contributed by atoms with Crippen molar-refractivity contribution in [2.24, 2.45) is 11.8 Å². The van der Waals surface area contributed by atoms with E-state index in [1.165, 1.54) is 25.5 Å². The Bertz CT molecular complexity index is 1040. The molecular formula is C23H28F3N5O. The predicted octanol–water partition coefficient (Wildman–Crippen LogP) is 4.09. The maximum Gasteiger partial charge on any atom is 0.419 e. The summed E-state index contributed by atoms with van der Waals surface area (Å²) in [6.07, 6.45) is 0.827. The van der Waals surface area contributed by atoms with Gasteiger partial charge in [0.05, 0.1) is 24.0 Å². The molecule has 4 aliphatic rings. The Hall–Kier alpha value is -2.13. The minimum absolute atomic E-state index is 0.131. The Labute approximate surface area is 184 Å². The molecule has 2 aliphatic heterocycles. The molecule has 6 rings (SSSR count). The zero-order chi connectivity index (χ0) is 22.4. The van der Waals surface area contributed by atoms with Gasteiger partial charge in [-0.2, -0.15) is 18.3 Å². The molecule has 6 nitrogen and oxygen atoms in total. The van der Waals surface area contributed by atoms with Gasteiger partial charge >= 0.3 is 6.18 Å². The van der Waals surface area contributed by atoms with E-state index in [-0.39, 0.29) is 6.04 Å². The molecule has 2 aromatic heterocycles. The van der Waals surface area contributed by atoms with Gasteiger partial charge in [-0.3, -0.25) is 9.58 Å². The highest BCUT2D eigenvalue weighted by Crippen LogP contribution is 2.64. The second-order valence-electron chi connectivity index (χ2n) is 10.2. The van der Waals surface area contributed by atoms with Crippen LogP contribution in [-0.2, 0) is 10.9 Å². The zero-order valence-electron chi connectivity index (χ0n) is 18.2.